The molecule has 0 bridgehead atoms. The van der Waals surface area contributed by atoms with Crippen molar-refractivity contribution >= 4 is 11.9 Å². The van der Waals surface area contributed by atoms with E-state index in [1.165, 1.54) is 0 Å². The molecule has 0 radical (unpaired) electrons. The Hall–Kier alpha value is -2.86. The van der Waals surface area contributed by atoms with Crippen LogP contribution in [-0.2, 0) is 11.4 Å². The number of hydrogen-bond acceptors (Lipinski definition) is 3. The lowest BCUT2D eigenvalue weighted by atomic mass is 10.00. The maximum absolute atomic E-state index is 11.9. The van der Waals surface area contributed by atoms with Gasteiger partial charge in [-0.1, -0.05) is 56.3 Å². The predicted octanol–water partition coefficient (Wildman–Crippen LogP) is 4.40. The lowest BCUT2D eigenvalue weighted by Crippen LogP contribution is -2.08. The van der Waals surface area contributed by atoms with Gasteiger partial charge in [0.05, 0.1) is 5.57 Å². The Bertz CT molecular complexity index is 722. The number of Topliss-reactive ketones (excluding diaryl/α,β-unsaturated/α-hetero) is 1. The summed E-state index contributed by atoms with van der Waals surface area (Å²) in [5, 5.41) is 9.11. The van der Waals surface area contributed by atoms with Crippen LogP contribution in [0.5, 0.6) is 5.75 Å². The highest BCUT2D eigenvalue weighted by atomic mass is 16.5. The molecule has 0 aliphatic carbocycles. The Morgan fingerprint density at radius 3 is 2.35 bits per heavy atom. The number of benzene rings is 2. The van der Waals surface area contributed by atoms with Crippen LogP contribution >= 0.6 is 0 Å². The number of rotatable bonds is 6. The first-order valence-corrected chi connectivity index (χ1v) is 7.53. The molecule has 0 heterocycles. The van der Waals surface area contributed by atoms with Crippen molar-refractivity contribution in [1.82, 2.24) is 0 Å². The highest BCUT2D eigenvalue weighted by Crippen LogP contribution is 2.17. The van der Waals surface area contributed by atoms with E-state index in [1.54, 1.807) is 19.9 Å². The highest BCUT2D eigenvalue weighted by molar-refractivity contribution is 6.04. The molecule has 116 valence electrons. The van der Waals surface area contributed by atoms with Crippen molar-refractivity contribution in [2.75, 3.05) is 0 Å². The third-order valence-electron chi connectivity index (χ3n) is 3.35. The number of carbonyl (C=O) groups excluding carboxylic acids is 1. The molecule has 0 fully saturated rings. The van der Waals surface area contributed by atoms with Crippen LogP contribution in [0.3, 0.4) is 0 Å². The van der Waals surface area contributed by atoms with Crippen LogP contribution in [0.25, 0.3) is 6.08 Å². The van der Waals surface area contributed by atoms with Gasteiger partial charge >= 0.3 is 0 Å². The van der Waals surface area contributed by atoms with Crippen LogP contribution in [0.1, 0.15) is 25.0 Å². The predicted molar refractivity (Wildman–Crippen MR) is 90.7 cm³/mol. The van der Waals surface area contributed by atoms with Crippen molar-refractivity contribution in [3.63, 3.8) is 0 Å². The minimum Gasteiger partial charge on any atom is -0.489 e. The zero-order valence-electron chi connectivity index (χ0n) is 13.3. The van der Waals surface area contributed by atoms with E-state index >= 15 is 0 Å². The zero-order valence-corrected chi connectivity index (χ0v) is 13.3. The SMILES string of the molecule is CC(C)C(=O)C(C#N)=Cc1ccc(OCc2ccccc2)cc1. The zero-order chi connectivity index (χ0) is 16.7. The van der Waals surface area contributed by atoms with Crippen molar-refractivity contribution in [2.45, 2.75) is 20.5 Å². The maximum Gasteiger partial charge on any atom is 0.175 e. The lowest BCUT2D eigenvalue weighted by Gasteiger charge is -2.07. The molecular formula is C20H19NO2. The largest absolute Gasteiger partial charge is 0.489 e. The van der Waals surface area contributed by atoms with Crippen molar-refractivity contribution < 1.29 is 9.53 Å². The van der Waals surface area contributed by atoms with Crippen LogP contribution in [-0.4, -0.2) is 5.78 Å². The molecule has 0 saturated heterocycles. The fourth-order valence-corrected chi connectivity index (χ4v) is 2.04. The molecule has 0 spiro atoms. The first-order chi connectivity index (χ1) is 11.1. The second kappa shape index (κ2) is 7.95. The number of ether oxygens (including phenoxy) is 1. The van der Waals surface area contributed by atoms with E-state index in [0.717, 1.165) is 16.9 Å². The van der Waals surface area contributed by atoms with E-state index in [9.17, 15) is 4.79 Å². The van der Waals surface area contributed by atoms with Crippen LogP contribution in [0.15, 0.2) is 60.2 Å². The van der Waals surface area contributed by atoms with Gasteiger partial charge in [-0.15, -0.1) is 0 Å². The number of carbonyl (C=O) groups is 1. The molecule has 3 heteroatoms. The molecule has 0 aromatic heterocycles. The molecule has 0 amide bonds. The molecule has 0 saturated carbocycles. The molecule has 3 nitrogen and oxygen atoms in total. The summed E-state index contributed by atoms with van der Waals surface area (Å²) in [6, 6.07) is 19.3. The minimum atomic E-state index is -0.186. The molecule has 0 aliphatic heterocycles. The standard InChI is InChI=1S/C20H19NO2/c1-15(2)20(22)18(13-21)12-16-8-10-19(11-9-16)23-14-17-6-4-3-5-7-17/h3-12,15H,14H2,1-2H3. The smallest absolute Gasteiger partial charge is 0.175 e. The summed E-state index contributed by atoms with van der Waals surface area (Å²) in [6.45, 7) is 4.08. The number of nitrogens with zero attached hydrogens (tertiary/aromatic N) is 1. The topological polar surface area (TPSA) is 50.1 Å². The van der Waals surface area contributed by atoms with Gasteiger partial charge < -0.3 is 4.74 Å². The summed E-state index contributed by atoms with van der Waals surface area (Å²) in [5.74, 6) is 0.422. The van der Waals surface area contributed by atoms with Crippen LogP contribution < -0.4 is 4.74 Å². The van der Waals surface area contributed by atoms with Crippen LogP contribution in [0.2, 0.25) is 0 Å². The average Bonchev–Trinajstić information content (AvgIpc) is 2.59. The van der Waals surface area contributed by atoms with E-state index in [-0.39, 0.29) is 17.3 Å². The van der Waals surface area contributed by atoms with E-state index in [2.05, 4.69) is 0 Å². The van der Waals surface area contributed by atoms with Crippen LogP contribution in [0, 0.1) is 17.2 Å². The Labute approximate surface area is 136 Å². The highest BCUT2D eigenvalue weighted by Gasteiger charge is 2.13. The Morgan fingerprint density at radius 1 is 1.13 bits per heavy atom. The average molecular weight is 305 g/mol. The van der Waals surface area contributed by atoms with Gasteiger partial charge in [0, 0.05) is 5.92 Å². The molecule has 0 N–H and O–H groups in total. The first kappa shape index (κ1) is 16.5. The quantitative estimate of drug-likeness (QED) is 0.587. The van der Waals surface area contributed by atoms with Gasteiger partial charge in [-0.05, 0) is 29.3 Å². The number of nitriles is 1. The van der Waals surface area contributed by atoms with Gasteiger partial charge in [0.2, 0.25) is 0 Å². The molecule has 2 aromatic carbocycles. The first-order valence-electron chi connectivity index (χ1n) is 7.53. The summed E-state index contributed by atoms with van der Waals surface area (Å²) in [5.41, 5.74) is 2.09. The Kier molecular flexibility index (Phi) is 5.71. The number of allylic oxidation sites excluding steroid dienone is 1. The summed E-state index contributed by atoms with van der Waals surface area (Å²) in [4.78, 5) is 11.9. The third-order valence-corrected chi connectivity index (χ3v) is 3.35. The molecule has 0 aliphatic rings. The maximum atomic E-state index is 11.9. The summed E-state index contributed by atoms with van der Waals surface area (Å²) in [7, 11) is 0. The minimum absolute atomic E-state index is 0.142. The van der Waals surface area contributed by atoms with Gasteiger partial charge in [-0.25, -0.2) is 0 Å². The van der Waals surface area contributed by atoms with Crippen molar-refractivity contribution in [1.29, 1.82) is 5.26 Å². The van der Waals surface area contributed by atoms with Crippen molar-refractivity contribution in [2.24, 2.45) is 5.92 Å². The monoisotopic (exact) mass is 305 g/mol. The Balaban J connectivity index is 2.04. The second-order valence-corrected chi connectivity index (χ2v) is 5.53. The summed E-state index contributed by atoms with van der Waals surface area (Å²) in [6.07, 6.45) is 1.61. The summed E-state index contributed by atoms with van der Waals surface area (Å²) >= 11 is 0. The fourth-order valence-electron chi connectivity index (χ4n) is 2.04. The van der Waals surface area contributed by atoms with E-state index in [0.29, 0.717) is 6.61 Å². The van der Waals surface area contributed by atoms with E-state index in [4.69, 9.17) is 10.00 Å². The molecule has 2 rings (SSSR count). The molecule has 2 aromatic rings. The van der Waals surface area contributed by atoms with Crippen molar-refractivity contribution in [3.05, 3.63) is 71.3 Å². The molecule has 0 unspecified atom stereocenters. The Morgan fingerprint density at radius 2 is 1.78 bits per heavy atom. The van der Waals surface area contributed by atoms with Gasteiger partial charge in [-0.2, -0.15) is 5.26 Å². The molecule has 23 heavy (non-hydrogen) atoms. The number of ketones is 1. The molecular weight excluding hydrogens is 286 g/mol. The van der Waals surface area contributed by atoms with E-state index < -0.39 is 0 Å². The third kappa shape index (κ3) is 4.82. The normalized spacial score (nSPS) is 11.1. The molecule has 0 atom stereocenters. The van der Waals surface area contributed by atoms with E-state index in [1.807, 2.05) is 60.7 Å². The summed E-state index contributed by atoms with van der Waals surface area (Å²) < 4.78 is 5.71. The van der Waals surface area contributed by atoms with Gasteiger partial charge in [-0.3, -0.25) is 4.79 Å². The second-order valence-electron chi connectivity index (χ2n) is 5.53. The number of hydrogen-bond donors (Lipinski definition) is 0. The van der Waals surface area contributed by atoms with Crippen LogP contribution in [0.4, 0.5) is 0 Å². The fraction of sp³-hybridized carbons (Fsp3) is 0.200. The van der Waals surface area contributed by atoms with Gasteiger partial charge in [0.1, 0.15) is 18.4 Å². The lowest BCUT2D eigenvalue weighted by molar-refractivity contribution is -0.117. The van der Waals surface area contributed by atoms with Crippen molar-refractivity contribution in [3.8, 4) is 11.8 Å². The van der Waals surface area contributed by atoms with Gasteiger partial charge in [0.25, 0.3) is 0 Å². The van der Waals surface area contributed by atoms with Gasteiger partial charge in [0.15, 0.2) is 5.78 Å².